The average molecular weight is 452 g/mol. The summed E-state index contributed by atoms with van der Waals surface area (Å²) in [6, 6.07) is 25.4. The number of benzene rings is 3. The Bertz CT molecular complexity index is 1380. The standard InChI is InChI=1S/C27H25N5O2/c33-26(29-15-8-17-31-18-16-28-20-31)23-12-5-7-14-25(23)34-27-22-11-4-6-13-24(22)32(30-27)19-21-9-2-1-3-10-21/h1-7,9-14,16,18,20H,8,15,17,19H2,(H,29,33). The van der Waals surface area contributed by atoms with E-state index in [1.807, 2.05) is 70.0 Å². The summed E-state index contributed by atoms with van der Waals surface area (Å²) in [6.45, 7) is 1.98. The fourth-order valence-corrected chi connectivity index (χ4v) is 3.87. The molecule has 0 atom stereocenters. The Morgan fingerprint density at radius 1 is 0.941 bits per heavy atom. The van der Waals surface area contributed by atoms with Gasteiger partial charge in [-0.2, -0.15) is 0 Å². The minimum atomic E-state index is -0.172. The first-order valence-electron chi connectivity index (χ1n) is 11.3. The summed E-state index contributed by atoms with van der Waals surface area (Å²) < 4.78 is 10.1. The van der Waals surface area contributed by atoms with Crippen molar-refractivity contribution in [3.8, 4) is 11.6 Å². The average Bonchev–Trinajstić information content (AvgIpc) is 3.51. The Hall–Kier alpha value is -4.39. The topological polar surface area (TPSA) is 74.0 Å². The maximum absolute atomic E-state index is 12.9. The molecule has 0 saturated carbocycles. The highest BCUT2D eigenvalue weighted by atomic mass is 16.5. The van der Waals surface area contributed by atoms with Gasteiger partial charge < -0.3 is 14.6 Å². The normalized spacial score (nSPS) is 10.9. The Balaban J connectivity index is 1.33. The van der Waals surface area contributed by atoms with Crippen LogP contribution in [-0.2, 0) is 13.1 Å². The third-order valence-corrected chi connectivity index (χ3v) is 5.58. The van der Waals surface area contributed by atoms with Gasteiger partial charge in [0.15, 0.2) is 0 Å². The van der Waals surface area contributed by atoms with Crippen molar-refractivity contribution in [2.45, 2.75) is 19.5 Å². The number of nitrogens with zero attached hydrogens (tertiary/aromatic N) is 4. The second kappa shape index (κ2) is 10.0. The fourth-order valence-electron chi connectivity index (χ4n) is 3.87. The molecule has 5 rings (SSSR count). The highest BCUT2D eigenvalue weighted by Crippen LogP contribution is 2.31. The minimum absolute atomic E-state index is 0.172. The fraction of sp³-hybridized carbons (Fsp3) is 0.148. The van der Waals surface area contributed by atoms with Gasteiger partial charge in [0.2, 0.25) is 5.88 Å². The van der Waals surface area contributed by atoms with Crippen LogP contribution < -0.4 is 10.1 Å². The summed E-state index contributed by atoms with van der Waals surface area (Å²) in [6.07, 6.45) is 6.23. The number of amides is 1. The lowest BCUT2D eigenvalue weighted by atomic mass is 10.2. The highest BCUT2D eigenvalue weighted by Gasteiger charge is 2.17. The molecule has 1 amide bonds. The molecule has 170 valence electrons. The molecule has 0 spiro atoms. The molecule has 7 heteroatoms. The second-order valence-electron chi connectivity index (χ2n) is 7.97. The number of para-hydroxylation sites is 2. The van der Waals surface area contributed by atoms with Crippen LogP contribution in [0.3, 0.4) is 0 Å². The van der Waals surface area contributed by atoms with E-state index < -0.39 is 0 Å². The van der Waals surface area contributed by atoms with Gasteiger partial charge in [0.05, 0.1) is 29.3 Å². The first-order valence-corrected chi connectivity index (χ1v) is 11.3. The van der Waals surface area contributed by atoms with Crippen LogP contribution in [0.15, 0.2) is 97.6 Å². The van der Waals surface area contributed by atoms with E-state index >= 15 is 0 Å². The highest BCUT2D eigenvalue weighted by molar-refractivity contribution is 5.97. The Morgan fingerprint density at radius 2 is 1.74 bits per heavy atom. The number of ether oxygens (including phenoxy) is 1. The summed E-state index contributed by atoms with van der Waals surface area (Å²) in [5.74, 6) is 0.783. The van der Waals surface area contributed by atoms with E-state index in [1.54, 1.807) is 24.7 Å². The van der Waals surface area contributed by atoms with Gasteiger partial charge in [-0.05, 0) is 36.2 Å². The van der Waals surface area contributed by atoms with Crippen LogP contribution in [0, 0.1) is 0 Å². The molecule has 0 aliphatic rings. The van der Waals surface area contributed by atoms with Crippen LogP contribution in [-0.4, -0.2) is 31.8 Å². The van der Waals surface area contributed by atoms with E-state index in [-0.39, 0.29) is 5.91 Å². The van der Waals surface area contributed by atoms with E-state index in [0.717, 1.165) is 29.4 Å². The van der Waals surface area contributed by atoms with E-state index in [9.17, 15) is 4.79 Å². The summed E-state index contributed by atoms with van der Waals surface area (Å²) in [4.78, 5) is 16.9. The monoisotopic (exact) mass is 451 g/mol. The number of carbonyl (C=O) groups excluding carboxylic acids is 1. The number of aromatic nitrogens is 4. The molecule has 7 nitrogen and oxygen atoms in total. The van der Waals surface area contributed by atoms with Crippen LogP contribution >= 0.6 is 0 Å². The maximum Gasteiger partial charge on any atom is 0.255 e. The number of imidazole rings is 1. The van der Waals surface area contributed by atoms with Gasteiger partial charge in [0, 0.05) is 25.5 Å². The third-order valence-electron chi connectivity index (χ3n) is 5.58. The molecule has 0 unspecified atom stereocenters. The number of rotatable bonds is 9. The van der Waals surface area contributed by atoms with E-state index in [1.165, 1.54) is 0 Å². The van der Waals surface area contributed by atoms with Gasteiger partial charge in [0.1, 0.15) is 5.75 Å². The molecular weight excluding hydrogens is 426 g/mol. The van der Waals surface area contributed by atoms with Crippen LogP contribution in [0.4, 0.5) is 0 Å². The number of nitrogens with one attached hydrogen (secondary N) is 1. The van der Waals surface area contributed by atoms with Crippen molar-refractivity contribution >= 4 is 16.8 Å². The van der Waals surface area contributed by atoms with Crippen molar-refractivity contribution in [3.05, 3.63) is 109 Å². The molecule has 3 aromatic carbocycles. The zero-order valence-electron chi connectivity index (χ0n) is 18.7. The number of aryl methyl sites for hydroxylation is 1. The molecule has 0 aliphatic carbocycles. The Labute approximate surface area is 197 Å². The lowest BCUT2D eigenvalue weighted by molar-refractivity contribution is 0.0950. The summed E-state index contributed by atoms with van der Waals surface area (Å²) >= 11 is 0. The molecule has 0 bridgehead atoms. The molecule has 5 aromatic rings. The largest absolute Gasteiger partial charge is 0.436 e. The Morgan fingerprint density at radius 3 is 2.59 bits per heavy atom. The third kappa shape index (κ3) is 4.83. The minimum Gasteiger partial charge on any atom is -0.436 e. The molecule has 0 radical (unpaired) electrons. The lowest BCUT2D eigenvalue weighted by Crippen LogP contribution is -2.25. The first-order chi connectivity index (χ1) is 16.8. The lowest BCUT2D eigenvalue weighted by Gasteiger charge is -2.10. The van der Waals surface area contributed by atoms with E-state index in [2.05, 4.69) is 22.4 Å². The molecule has 1 N–H and O–H groups in total. The van der Waals surface area contributed by atoms with Gasteiger partial charge in [-0.3, -0.25) is 9.48 Å². The van der Waals surface area contributed by atoms with Gasteiger partial charge in [-0.1, -0.05) is 54.6 Å². The molecular formula is C27H25N5O2. The summed E-state index contributed by atoms with van der Waals surface area (Å²) in [5, 5.41) is 8.62. The molecule has 2 aromatic heterocycles. The molecule has 0 aliphatic heterocycles. The van der Waals surface area contributed by atoms with Gasteiger partial charge in [-0.25, -0.2) is 4.98 Å². The maximum atomic E-state index is 12.9. The number of carbonyl (C=O) groups is 1. The smallest absolute Gasteiger partial charge is 0.255 e. The number of hydrogen-bond donors (Lipinski definition) is 1. The van der Waals surface area contributed by atoms with Crippen LogP contribution in [0.25, 0.3) is 10.9 Å². The molecule has 0 fully saturated rings. The van der Waals surface area contributed by atoms with Crippen molar-refractivity contribution in [2.75, 3.05) is 6.54 Å². The van der Waals surface area contributed by atoms with Crippen molar-refractivity contribution in [1.29, 1.82) is 0 Å². The van der Waals surface area contributed by atoms with Crippen LogP contribution in [0.1, 0.15) is 22.3 Å². The molecule has 2 heterocycles. The zero-order chi connectivity index (χ0) is 23.2. The van der Waals surface area contributed by atoms with Crippen LogP contribution in [0.2, 0.25) is 0 Å². The van der Waals surface area contributed by atoms with Crippen molar-refractivity contribution < 1.29 is 9.53 Å². The van der Waals surface area contributed by atoms with E-state index in [4.69, 9.17) is 9.84 Å². The number of fused-ring (bicyclic) bond motifs is 1. The molecule has 34 heavy (non-hydrogen) atoms. The summed E-state index contributed by atoms with van der Waals surface area (Å²) in [5.41, 5.74) is 2.60. The SMILES string of the molecule is O=C(NCCCn1ccnc1)c1ccccc1Oc1nn(Cc2ccccc2)c2ccccc12. The van der Waals surface area contributed by atoms with Crippen molar-refractivity contribution in [1.82, 2.24) is 24.6 Å². The Kier molecular flexibility index (Phi) is 6.34. The predicted molar refractivity (Wildman–Crippen MR) is 131 cm³/mol. The number of hydrogen-bond acceptors (Lipinski definition) is 4. The van der Waals surface area contributed by atoms with E-state index in [0.29, 0.717) is 30.3 Å². The van der Waals surface area contributed by atoms with Crippen molar-refractivity contribution in [2.24, 2.45) is 0 Å². The quantitative estimate of drug-likeness (QED) is 0.324. The van der Waals surface area contributed by atoms with Crippen LogP contribution in [0.5, 0.6) is 11.6 Å². The zero-order valence-corrected chi connectivity index (χ0v) is 18.7. The van der Waals surface area contributed by atoms with Gasteiger partial charge in [0.25, 0.3) is 5.91 Å². The van der Waals surface area contributed by atoms with Gasteiger partial charge in [-0.15, -0.1) is 5.10 Å². The van der Waals surface area contributed by atoms with Gasteiger partial charge >= 0.3 is 0 Å². The van der Waals surface area contributed by atoms with Crippen molar-refractivity contribution in [3.63, 3.8) is 0 Å². The summed E-state index contributed by atoms with van der Waals surface area (Å²) in [7, 11) is 0. The predicted octanol–water partition coefficient (Wildman–Crippen LogP) is 4.89. The molecule has 0 saturated heterocycles. The first kappa shape index (κ1) is 21.5. The second-order valence-corrected chi connectivity index (χ2v) is 7.97.